The Morgan fingerprint density at radius 1 is 0.963 bits per heavy atom. The first-order chi connectivity index (χ1) is 12.8. The second-order valence-electron chi connectivity index (χ2n) is 5.31. The van der Waals surface area contributed by atoms with E-state index in [2.05, 4.69) is 19.9 Å². The average Bonchev–Trinajstić information content (AvgIpc) is 3.10. The van der Waals surface area contributed by atoms with Crippen molar-refractivity contribution < 1.29 is 33.4 Å². The van der Waals surface area contributed by atoms with Crippen molar-refractivity contribution >= 4 is 29.5 Å². The van der Waals surface area contributed by atoms with Crippen LogP contribution in [0.3, 0.4) is 0 Å². The van der Waals surface area contributed by atoms with Gasteiger partial charge in [-0.25, -0.2) is 14.4 Å². The Labute approximate surface area is 154 Å². The van der Waals surface area contributed by atoms with Crippen LogP contribution in [0.25, 0.3) is 0 Å². The number of nitrogens with one attached hydrogen (secondary N) is 1. The van der Waals surface area contributed by atoms with Crippen LogP contribution in [0.4, 0.5) is 5.69 Å². The van der Waals surface area contributed by atoms with E-state index in [0.29, 0.717) is 0 Å². The Bertz CT molecular complexity index is 854. The van der Waals surface area contributed by atoms with E-state index >= 15 is 0 Å². The summed E-state index contributed by atoms with van der Waals surface area (Å²) >= 11 is 0. The number of nitrogens with zero attached hydrogens (tertiary/aromatic N) is 2. The molecule has 142 valence electrons. The van der Waals surface area contributed by atoms with Gasteiger partial charge in [0.25, 0.3) is 5.91 Å². The number of anilines is 1. The Morgan fingerprint density at radius 3 is 2.04 bits per heavy atom. The fourth-order valence-electron chi connectivity index (χ4n) is 2.11. The van der Waals surface area contributed by atoms with Gasteiger partial charge in [-0.3, -0.25) is 9.48 Å². The molecule has 2 rings (SSSR count). The van der Waals surface area contributed by atoms with E-state index in [1.54, 1.807) is 7.05 Å². The lowest BCUT2D eigenvalue weighted by atomic mass is 10.1. The van der Waals surface area contributed by atoms with Crippen molar-refractivity contribution in [3.05, 3.63) is 47.3 Å². The number of hydrogen-bond donors (Lipinski definition) is 1. The normalized spacial score (nSPS) is 10.0. The van der Waals surface area contributed by atoms with Gasteiger partial charge in [0.1, 0.15) is 0 Å². The van der Waals surface area contributed by atoms with Gasteiger partial charge in [-0.1, -0.05) is 0 Å². The molecule has 10 nitrogen and oxygen atoms in total. The van der Waals surface area contributed by atoms with E-state index in [1.165, 1.54) is 49.5 Å². The van der Waals surface area contributed by atoms with Gasteiger partial charge >= 0.3 is 17.9 Å². The van der Waals surface area contributed by atoms with Crippen molar-refractivity contribution in [1.82, 2.24) is 9.78 Å². The van der Waals surface area contributed by atoms with Crippen LogP contribution in [0, 0.1) is 0 Å². The molecule has 0 aliphatic heterocycles. The van der Waals surface area contributed by atoms with Crippen LogP contribution in [0.2, 0.25) is 0 Å². The quantitative estimate of drug-likeness (QED) is 0.580. The van der Waals surface area contributed by atoms with Gasteiger partial charge < -0.3 is 19.5 Å². The molecule has 10 heteroatoms. The van der Waals surface area contributed by atoms with Crippen LogP contribution in [0.15, 0.2) is 30.6 Å². The van der Waals surface area contributed by atoms with E-state index in [-0.39, 0.29) is 22.4 Å². The number of aryl methyl sites for hydroxylation is 1. The number of carbonyl (C=O) groups is 4. The Balaban J connectivity index is 2.08. The van der Waals surface area contributed by atoms with Gasteiger partial charge in [0.2, 0.25) is 0 Å². The molecule has 0 aliphatic carbocycles. The molecule has 0 radical (unpaired) electrons. The molecule has 0 bridgehead atoms. The highest BCUT2D eigenvalue weighted by Gasteiger charge is 2.16. The van der Waals surface area contributed by atoms with Crippen LogP contribution in [-0.4, -0.2) is 54.4 Å². The van der Waals surface area contributed by atoms with Crippen molar-refractivity contribution in [1.29, 1.82) is 0 Å². The maximum absolute atomic E-state index is 12.0. The minimum Gasteiger partial charge on any atom is -0.465 e. The van der Waals surface area contributed by atoms with Crippen molar-refractivity contribution in [3.63, 3.8) is 0 Å². The molecule has 0 saturated heterocycles. The Morgan fingerprint density at radius 2 is 1.56 bits per heavy atom. The highest BCUT2D eigenvalue weighted by Crippen LogP contribution is 2.17. The number of ether oxygens (including phenoxy) is 3. The minimum absolute atomic E-state index is 0.0445. The molecule has 0 spiro atoms. The number of methoxy groups -OCH3 is 2. The third-order valence-electron chi connectivity index (χ3n) is 3.33. The molecule has 1 aromatic carbocycles. The SMILES string of the molecule is COC(=O)c1cc(NC(=O)COC(=O)c2cnn(C)c2)cc(C(=O)OC)c1. The molecule has 1 amide bonds. The fourth-order valence-corrected chi connectivity index (χ4v) is 2.11. The fraction of sp³-hybridized carbons (Fsp3) is 0.235. The van der Waals surface area contributed by atoms with E-state index < -0.39 is 30.4 Å². The molecule has 0 aliphatic rings. The summed E-state index contributed by atoms with van der Waals surface area (Å²) in [4.78, 5) is 47.3. The standard InChI is InChI=1S/C17H17N3O7/c1-20-8-12(7-18-20)17(24)27-9-14(21)19-13-5-10(15(22)25-2)4-11(6-13)16(23)26-3/h4-8H,9H2,1-3H3,(H,19,21). The van der Waals surface area contributed by atoms with Crippen LogP contribution >= 0.6 is 0 Å². The number of esters is 3. The van der Waals surface area contributed by atoms with Gasteiger partial charge in [0.15, 0.2) is 6.61 Å². The average molecular weight is 375 g/mol. The number of hydrogen-bond acceptors (Lipinski definition) is 8. The number of carbonyl (C=O) groups excluding carboxylic acids is 4. The van der Waals surface area contributed by atoms with Gasteiger partial charge in [-0.15, -0.1) is 0 Å². The number of aromatic nitrogens is 2. The molecule has 0 unspecified atom stereocenters. The third-order valence-corrected chi connectivity index (χ3v) is 3.33. The monoisotopic (exact) mass is 375 g/mol. The Kier molecular flexibility index (Phi) is 6.26. The van der Waals surface area contributed by atoms with Crippen LogP contribution in [-0.2, 0) is 26.1 Å². The Hall–Kier alpha value is -3.69. The van der Waals surface area contributed by atoms with Gasteiger partial charge in [0, 0.05) is 18.9 Å². The van der Waals surface area contributed by atoms with Crippen molar-refractivity contribution in [3.8, 4) is 0 Å². The maximum atomic E-state index is 12.0. The molecular weight excluding hydrogens is 358 g/mol. The molecule has 2 aromatic rings. The first kappa shape index (κ1) is 19.6. The maximum Gasteiger partial charge on any atom is 0.341 e. The summed E-state index contributed by atoms with van der Waals surface area (Å²) in [6.45, 7) is -0.566. The number of benzene rings is 1. The van der Waals surface area contributed by atoms with Crippen LogP contribution in [0.5, 0.6) is 0 Å². The van der Waals surface area contributed by atoms with Gasteiger partial charge in [-0.05, 0) is 18.2 Å². The summed E-state index contributed by atoms with van der Waals surface area (Å²) in [5.74, 6) is -2.76. The first-order valence-corrected chi connectivity index (χ1v) is 7.61. The van der Waals surface area contributed by atoms with Crippen LogP contribution < -0.4 is 5.32 Å². The lowest BCUT2D eigenvalue weighted by Gasteiger charge is -2.09. The van der Waals surface area contributed by atoms with Gasteiger partial charge in [0.05, 0.1) is 37.1 Å². The minimum atomic E-state index is -0.711. The van der Waals surface area contributed by atoms with Gasteiger partial charge in [-0.2, -0.15) is 5.10 Å². The zero-order valence-corrected chi connectivity index (χ0v) is 14.8. The smallest absolute Gasteiger partial charge is 0.341 e. The summed E-state index contributed by atoms with van der Waals surface area (Å²) in [6.07, 6.45) is 2.76. The van der Waals surface area contributed by atoms with Crippen LogP contribution in [0.1, 0.15) is 31.1 Å². The van der Waals surface area contributed by atoms with E-state index in [0.717, 1.165) is 0 Å². The lowest BCUT2D eigenvalue weighted by molar-refractivity contribution is -0.119. The predicted octanol–water partition coefficient (Wildman–Crippen LogP) is 0.789. The second kappa shape index (κ2) is 8.61. The highest BCUT2D eigenvalue weighted by atomic mass is 16.5. The summed E-state index contributed by atoms with van der Waals surface area (Å²) in [5.41, 5.74) is 0.429. The predicted molar refractivity (Wildman–Crippen MR) is 91.2 cm³/mol. The summed E-state index contributed by atoms with van der Waals surface area (Å²) in [5, 5.41) is 6.27. The first-order valence-electron chi connectivity index (χ1n) is 7.61. The van der Waals surface area contributed by atoms with Crippen molar-refractivity contribution in [2.75, 3.05) is 26.1 Å². The zero-order valence-electron chi connectivity index (χ0n) is 14.8. The largest absolute Gasteiger partial charge is 0.465 e. The molecule has 1 heterocycles. The van der Waals surface area contributed by atoms with Crippen molar-refractivity contribution in [2.45, 2.75) is 0 Å². The van der Waals surface area contributed by atoms with E-state index in [9.17, 15) is 19.2 Å². The summed E-state index contributed by atoms with van der Waals surface area (Å²) in [7, 11) is 4.00. The molecule has 0 fully saturated rings. The van der Waals surface area contributed by atoms with Crippen molar-refractivity contribution in [2.24, 2.45) is 7.05 Å². The topological polar surface area (TPSA) is 126 Å². The molecule has 1 aromatic heterocycles. The number of amides is 1. The molecular formula is C17H17N3O7. The molecule has 0 saturated carbocycles. The summed E-state index contributed by atoms with van der Waals surface area (Å²) in [6, 6.07) is 3.91. The number of rotatable bonds is 6. The molecule has 27 heavy (non-hydrogen) atoms. The van der Waals surface area contributed by atoms with E-state index in [1.807, 2.05) is 0 Å². The lowest BCUT2D eigenvalue weighted by Crippen LogP contribution is -2.21. The van der Waals surface area contributed by atoms with E-state index in [4.69, 9.17) is 4.74 Å². The third kappa shape index (κ3) is 5.14. The summed E-state index contributed by atoms with van der Waals surface area (Å²) < 4.78 is 15.5. The second-order valence-corrected chi connectivity index (χ2v) is 5.31. The zero-order chi connectivity index (χ0) is 20.0. The molecule has 0 atom stereocenters. The highest BCUT2D eigenvalue weighted by molar-refractivity contribution is 6.00. The molecule has 1 N–H and O–H groups in total.